The lowest BCUT2D eigenvalue weighted by Gasteiger charge is -2.16. The Labute approximate surface area is 87.8 Å². The summed E-state index contributed by atoms with van der Waals surface area (Å²) in [6, 6.07) is 3.62. The predicted octanol–water partition coefficient (Wildman–Crippen LogP) is 1.97. The maximum Gasteiger partial charge on any atom is 0.141 e. The lowest BCUT2D eigenvalue weighted by Crippen LogP contribution is -2.23. The molecule has 4 nitrogen and oxygen atoms in total. The molecule has 0 amide bonds. The first-order valence-corrected chi connectivity index (χ1v) is 4.51. The van der Waals surface area contributed by atoms with Crippen molar-refractivity contribution in [1.29, 1.82) is 0 Å². The molecular weight excluding hydrogens is 202 g/mol. The number of amidine groups is 1. The van der Waals surface area contributed by atoms with Gasteiger partial charge in [-0.1, -0.05) is 22.8 Å². The van der Waals surface area contributed by atoms with Gasteiger partial charge in [-0.05, 0) is 18.6 Å². The van der Waals surface area contributed by atoms with E-state index in [-0.39, 0.29) is 0 Å². The highest BCUT2D eigenvalue weighted by molar-refractivity contribution is 6.29. The summed E-state index contributed by atoms with van der Waals surface area (Å²) >= 11 is 5.65. The Morgan fingerprint density at radius 1 is 1.64 bits per heavy atom. The quantitative estimate of drug-likeness (QED) is 0.269. The molecule has 0 saturated carbocycles. The molecule has 0 aliphatic heterocycles. The highest BCUT2D eigenvalue weighted by Gasteiger charge is 2.02. The van der Waals surface area contributed by atoms with Gasteiger partial charge < -0.3 is 10.1 Å². The topological polar surface area (TPSA) is 48.7 Å². The lowest BCUT2D eigenvalue weighted by atomic mass is 10.3. The summed E-state index contributed by atoms with van der Waals surface area (Å²) in [5.74, 6) is 0.556. The summed E-state index contributed by atoms with van der Waals surface area (Å²) in [5, 5.41) is 12.1. The van der Waals surface area contributed by atoms with E-state index in [0.29, 0.717) is 17.5 Å². The Hall–Kier alpha value is -1.29. The van der Waals surface area contributed by atoms with Gasteiger partial charge in [0.15, 0.2) is 0 Å². The van der Waals surface area contributed by atoms with Gasteiger partial charge in [-0.3, -0.25) is 0 Å². The number of hydrogen-bond donors (Lipinski definition) is 1. The largest absolute Gasteiger partial charge is 0.409 e. The molecule has 0 aliphatic carbocycles. The van der Waals surface area contributed by atoms with Crippen molar-refractivity contribution in [2.24, 2.45) is 5.16 Å². The van der Waals surface area contributed by atoms with Gasteiger partial charge in [0.05, 0.1) is 0 Å². The van der Waals surface area contributed by atoms with Crippen LogP contribution in [0.1, 0.15) is 12.5 Å². The summed E-state index contributed by atoms with van der Waals surface area (Å²) in [5.41, 5.74) is 1.01. The minimum atomic E-state index is 0.476. The van der Waals surface area contributed by atoms with E-state index in [9.17, 15) is 0 Å². The van der Waals surface area contributed by atoms with Gasteiger partial charge in [-0.15, -0.1) is 0 Å². The smallest absolute Gasteiger partial charge is 0.141 e. The third kappa shape index (κ3) is 2.88. The van der Waals surface area contributed by atoms with Crippen LogP contribution in [0.5, 0.6) is 0 Å². The van der Waals surface area contributed by atoms with Crippen molar-refractivity contribution >= 4 is 17.4 Å². The molecule has 0 radical (unpaired) electrons. The highest BCUT2D eigenvalue weighted by Crippen LogP contribution is 2.07. The molecule has 0 unspecified atom stereocenters. The van der Waals surface area contributed by atoms with Gasteiger partial charge in [0, 0.05) is 19.8 Å². The second kappa shape index (κ2) is 4.81. The zero-order chi connectivity index (χ0) is 10.6. The van der Waals surface area contributed by atoms with Crippen molar-refractivity contribution in [1.82, 2.24) is 9.88 Å². The maximum absolute atomic E-state index is 8.54. The fraction of sp³-hybridized carbons (Fsp3) is 0.333. The number of halogens is 1. The number of aromatic nitrogens is 1. The molecule has 14 heavy (non-hydrogen) atoms. The summed E-state index contributed by atoms with van der Waals surface area (Å²) in [4.78, 5) is 5.76. The molecule has 76 valence electrons. The van der Waals surface area contributed by atoms with Crippen LogP contribution in [-0.4, -0.2) is 28.0 Å². The first-order valence-electron chi connectivity index (χ1n) is 4.13. The van der Waals surface area contributed by atoms with Crippen LogP contribution < -0.4 is 0 Å². The molecule has 0 fully saturated rings. The number of rotatable bonds is 2. The first kappa shape index (κ1) is 10.8. The monoisotopic (exact) mass is 213 g/mol. The summed E-state index contributed by atoms with van der Waals surface area (Å²) in [6.45, 7) is 2.36. The third-order valence-corrected chi connectivity index (χ3v) is 2.13. The maximum atomic E-state index is 8.54. The van der Waals surface area contributed by atoms with E-state index in [0.717, 1.165) is 5.56 Å². The van der Waals surface area contributed by atoms with E-state index >= 15 is 0 Å². The zero-order valence-corrected chi connectivity index (χ0v) is 8.86. The van der Waals surface area contributed by atoms with Crippen LogP contribution in [0.15, 0.2) is 23.5 Å². The summed E-state index contributed by atoms with van der Waals surface area (Å²) in [6.07, 6.45) is 1.70. The van der Waals surface area contributed by atoms with Gasteiger partial charge in [-0.2, -0.15) is 0 Å². The fourth-order valence-electron chi connectivity index (χ4n) is 0.965. The normalized spacial score (nSPS) is 11.5. The molecule has 1 aromatic heterocycles. The van der Waals surface area contributed by atoms with E-state index < -0.39 is 0 Å². The Kier molecular flexibility index (Phi) is 3.71. The van der Waals surface area contributed by atoms with Gasteiger partial charge in [0.2, 0.25) is 0 Å². The molecule has 0 saturated heterocycles. The van der Waals surface area contributed by atoms with E-state index in [1.165, 1.54) is 0 Å². The second-order valence-electron chi connectivity index (χ2n) is 2.99. The van der Waals surface area contributed by atoms with Crippen molar-refractivity contribution in [3.05, 3.63) is 29.0 Å². The Morgan fingerprint density at radius 2 is 2.36 bits per heavy atom. The van der Waals surface area contributed by atoms with Crippen molar-refractivity contribution in [2.75, 3.05) is 7.05 Å². The van der Waals surface area contributed by atoms with Crippen molar-refractivity contribution < 1.29 is 5.21 Å². The number of nitrogens with zero attached hydrogens (tertiary/aromatic N) is 3. The van der Waals surface area contributed by atoms with Crippen LogP contribution in [0.2, 0.25) is 5.15 Å². The Morgan fingerprint density at radius 3 is 2.86 bits per heavy atom. The van der Waals surface area contributed by atoms with Gasteiger partial charge >= 0.3 is 0 Å². The molecule has 0 bridgehead atoms. The van der Waals surface area contributed by atoms with Crippen LogP contribution >= 0.6 is 11.6 Å². The van der Waals surface area contributed by atoms with Gasteiger partial charge in [-0.25, -0.2) is 4.98 Å². The number of hydrogen-bond acceptors (Lipinski definition) is 3. The number of oxime groups is 1. The average Bonchev–Trinajstić information content (AvgIpc) is 2.20. The minimum Gasteiger partial charge on any atom is -0.409 e. The van der Waals surface area contributed by atoms with Crippen LogP contribution in [0, 0.1) is 0 Å². The van der Waals surface area contributed by atoms with E-state index in [1.807, 2.05) is 18.0 Å². The summed E-state index contributed by atoms with van der Waals surface area (Å²) in [7, 11) is 1.84. The van der Waals surface area contributed by atoms with Crippen LogP contribution in [0.3, 0.4) is 0 Å². The van der Waals surface area contributed by atoms with Crippen molar-refractivity contribution in [2.45, 2.75) is 13.5 Å². The lowest BCUT2D eigenvalue weighted by molar-refractivity contribution is 0.304. The van der Waals surface area contributed by atoms with Gasteiger partial charge in [0.1, 0.15) is 11.0 Å². The standard InChI is InChI=1S/C9H12ClN3O/c1-7(12-14)13(2)6-8-3-4-9(10)11-5-8/h3-5,14H,6H2,1-2H3. The zero-order valence-electron chi connectivity index (χ0n) is 8.11. The van der Waals surface area contributed by atoms with E-state index in [4.69, 9.17) is 16.8 Å². The summed E-state index contributed by atoms with van der Waals surface area (Å²) < 4.78 is 0. The van der Waals surface area contributed by atoms with Crippen LogP contribution in [0.25, 0.3) is 0 Å². The molecule has 0 aliphatic rings. The SMILES string of the molecule is CC(=NO)N(C)Cc1ccc(Cl)nc1. The molecule has 5 heteroatoms. The van der Waals surface area contributed by atoms with E-state index in [2.05, 4.69) is 10.1 Å². The fourth-order valence-corrected chi connectivity index (χ4v) is 1.08. The molecule has 1 heterocycles. The average molecular weight is 214 g/mol. The third-order valence-electron chi connectivity index (χ3n) is 1.91. The van der Waals surface area contributed by atoms with Gasteiger partial charge in [0.25, 0.3) is 0 Å². The minimum absolute atomic E-state index is 0.476. The highest BCUT2D eigenvalue weighted by atomic mass is 35.5. The van der Waals surface area contributed by atoms with Crippen molar-refractivity contribution in [3.8, 4) is 0 Å². The molecule has 1 aromatic rings. The van der Waals surface area contributed by atoms with Crippen LogP contribution in [0.4, 0.5) is 0 Å². The first-order chi connectivity index (χ1) is 6.63. The molecule has 1 rings (SSSR count). The molecule has 0 spiro atoms. The predicted molar refractivity (Wildman–Crippen MR) is 55.6 cm³/mol. The second-order valence-corrected chi connectivity index (χ2v) is 3.38. The molecule has 0 aromatic carbocycles. The van der Waals surface area contributed by atoms with E-state index in [1.54, 1.807) is 19.2 Å². The number of pyridine rings is 1. The Bertz CT molecular complexity index is 323. The van der Waals surface area contributed by atoms with Crippen LogP contribution in [-0.2, 0) is 6.54 Å². The molecular formula is C9H12ClN3O. The molecule has 0 atom stereocenters. The Balaban J connectivity index is 2.65. The molecule has 1 N–H and O–H groups in total. The van der Waals surface area contributed by atoms with Crippen molar-refractivity contribution in [3.63, 3.8) is 0 Å².